The van der Waals surface area contributed by atoms with Crippen molar-refractivity contribution in [3.8, 4) is 0 Å². The van der Waals surface area contributed by atoms with Crippen LogP contribution < -0.4 is 5.32 Å². The predicted molar refractivity (Wildman–Crippen MR) is 106 cm³/mol. The van der Waals surface area contributed by atoms with Crippen molar-refractivity contribution in [3.63, 3.8) is 0 Å². The number of allylic oxidation sites excluding steroid dienone is 2. The standard InChI is InChI=1S/C20H35N5O/c1-16(2)8-6-9-17(3)14-24-10-7-11-25-19(15-24)12-18(22-25)13-21-20(26)23(4)5/h8,12,17H,6-7,9-11,13-15H2,1-5H3,(H,21,26)/t17-/m0/s1. The van der Waals surface area contributed by atoms with Crippen molar-refractivity contribution < 1.29 is 4.79 Å². The topological polar surface area (TPSA) is 53.4 Å². The molecular weight excluding hydrogens is 326 g/mol. The molecular formula is C20H35N5O. The third kappa shape index (κ3) is 6.48. The number of aromatic nitrogens is 2. The molecule has 0 radical (unpaired) electrons. The molecule has 1 aromatic rings. The van der Waals surface area contributed by atoms with Gasteiger partial charge < -0.3 is 10.2 Å². The van der Waals surface area contributed by atoms with E-state index in [9.17, 15) is 4.79 Å². The van der Waals surface area contributed by atoms with E-state index in [-0.39, 0.29) is 6.03 Å². The Kier molecular flexibility index (Phi) is 7.69. The second-order valence-electron chi connectivity index (χ2n) is 7.96. The molecule has 26 heavy (non-hydrogen) atoms. The van der Waals surface area contributed by atoms with Gasteiger partial charge in [-0.15, -0.1) is 0 Å². The van der Waals surface area contributed by atoms with Crippen LogP contribution in [-0.4, -0.2) is 52.8 Å². The molecule has 2 amide bonds. The van der Waals surface area contributed by atoms with Gasteiger partial charge >= 0.3 is 6.03 Å². The Morgan fingerprint density at radius 1 is 1.38 bits per heavy atom. The van der Waals surface area contributed by atoms with Gasteiger partial charge in [0.15, 0.2) is 0 Å². The molecule has 0 spiro atoms. The Labute approximate surface area is 158 Å². The second kappa shape index (κ2) is 9.76. The summed E-state index contributed by atoms with van der Waals surface area (Å²) in [6, 6.07) is 2.06. The van der Waals surface area contributed by atoms with Gasteiger partial charge in [0.1, 0.15) is 0 Å². The molecule has 1 atom stereocenters. The number of nitrogens with zero attached hydrogens (tertiary/aromatic N) is 4. The van der Waals surface area contributed by atoms with E-state index < -0.39 is 0 Å². The van der Waals surface area contributed by atoms with Gasteiger partial charge in [-0.3, -0.25) is 9.58 Å². The van der Waals surface area contributed by atoms with Gasteiger partial charge in [-0.05, 0) is 45.1 Å². The Bertz CT molecular complexity index is 616. The lowest BCUT2D eigenvalue weighted by molar-refractivity contribution is 0.217. The molecule has 0 fully saturated rings. The lowest BCUT2D eigenvalue weighted by atomic mass is 10.0. The minimum absolute atomic E-state index is 0.0833. The van der Waals surface area contributed by atoms with Gasteiger partial charge in [0.25, 0.3) is 0 Å². The number of hydrogen-bond donors (Lipinski definition) is 1. The van der Waals surface area contributed by atoms with E-state index in [1.165, 1.54) is 24.1 Å². The number of nitrogens with one attached hydrogen (secondary N) is 1. The summed E-state index contributed by atoms with van der Waals surface area (Å²) in [4.78, 5) is 15.8. The van der Waals surface area contributed by atoms with Crippen LogP contribution in [-0.2, 0) is 19.6 Å². The molecule has 0 aromatic carbocycles. The van der Waals surface area contributed by atoms with Crippen LogP contribution in [0.1, 0.15) is 51.4 Å². The zero-order chi connectivity index (χ0) is 19.1. The SMILES string of the molecule is CC(C)=CCC[C@H](C)CN1CCCn2nc(CNC(=O)N(C)C)cc2C1. The normalized spacial score (nSPS) is 15.7. The molecule has 146 valence electrons. The Hall–Kier alpha value is -1.82. The number of urea groups is 1. The Morgan fingerprint density at radius 2 is 2.15 bits per heavy atom. The number of hydrogen-bond acceptors (Lipinski definition) is 3. The van der Waals surface area contributed by atoms with Crippen molar-refractivity contribution in [1.82, 2.24) is 24.9 Å². The molecule has 2 rings (SSSR count). The van der Waals surface area contributed by atoms with E-state index in [1.54, 1.807) is 19.0 Å². The highest BCUT2D eigenvalue weighted by Crippen LogP contribution is 2.17. The first-order valence-corrected chi connectivity index (χ1v) is 9.71. The van der Waals surface area contributed by atoms with Crippen LogP contribution in [0, 0.1) is 5.92 Å². The van der Waals surface area contributed by atoms with Crippen molar-refractivity contribution in [1.29, 1.82) is 0 Å². The molecule has 0 saturated heterocycles. The number of fused-ring (bicyclic) bond motifs is 1. The van der Waals surface area contributed by atoms with E-state index in [2.05, 4.69) is 52.9 Å². The summed E-state index contributed by atoms with van der Waals surface area (Å²) in [6.07, 6.45) is 5.87. The van der Waals surface area contributed by atoms with Crippen LogP contribution in [0.5, 0.6) is 0 Å². The lowest BCUT2D eigenvalue weighted by Gasteiger charge is -2.23. The molecule has 0 unspecified atom stereocenters. The fourth-order valence-corrected chi connectivity index (χ4v) is 3.34. The first-order chi connectivity index (χ1) is 12.3. The second-order valence-corrected chi connectivity index (χ2v) is 7.96. The smallest absolute Gasteiger partial charge is 0.317 e. The maximum absolute atomic E-state index is 11.7. The van der Waals surface area contributed by atoms with E-state index >= 15 is 0 Å². The number of amides is 2. The van der Waals surface area contributed by atoms with E-state index in [0.717, 1.165) is 38.3 Å². The predicted octanol–water partition coefficient (Wildman–Crippen LogP) is 3.24. The molecule has 1 aromatic heterocycles. The molecule has 0 saturated carbocycles. The fraction of sp³-hybridized carbons (Fsp3) is 0.700. The molecule has 1 N–H and O–H groups in total. The van der Waals surface area contributed by atoms with Crippen molar-refractivity contribution in [2.75, 3.05) is 27.2 Å². The highest BCUT2D eigenvalue weighted by Gasteiger charge is 2.18. The van der Waals surface area contributed by atoms with Gasteiger partial charge in [-0.25, -0.2) is 4.79 Å². The molecule has 6 nitrogen and oxygen atoms in total. The molecule has 6 heteroatoms. The van der Waals surface area contributed by atoms with Crippen molar-refractivity contribution in [3.05, 3.63) is 29.1 Å². The summed E-state index contributed by atoms with van der Waals surface area (Å²) in [6.45, 7) is 11.3. The fourth-order valence-electron chi connectivity index (χ4n) is 3.34. The van der Waals surface area contributed by atoms with Crippen LogP contribution in [0.15, 0.2) is 17.7 Å². The lowest BCUT2D eigenvalue weighted by Crippen LogP contribution is -2.34. The molecule has 0 aliphatic carbocycles. The van der Waals surface area contributed by atoms with E-state index in [4.69, 9.17) is 0 Å². The van der Waals surface area contributed by atoms with Gasteiger partial charge in [-0.1, -0.05) is 18.6 Å². The molecule has 2 heterocycles. The van der Waals surface area contributed by atoms with Crippen LogP contribution in [0.25, 0.3) is 0 Å². The summed E-state index contributed by atoms with van der Waals surface area (Å²) in [5.74, 6) is 0.693. The monoisotopic (exact) mass is 361 g/mol. The number of rotatable bonds is 7. The quantitative estimate of drug-likeness (QED) is 0.759. The van der Waals surface area contributed by atoms with Crippen LogP contribution in [0.2, 0.25) is 0 Å². The minimum Gasteiger partial charge on any atom is -0.332 e. The average molecular weight is 362 g/mol. The van der Waals surface area contributed by atoms with Crippen molar-refractivity contribution in [2.24, 2.45) is 5.92 Å². The maximum Gasteiger partial charge on any atom is 0.317 e. The van der Waals surface area contributed by atoms with Gasteiger partial charge in [0, 0.05) is 40.3 Å². The van der Waals surface area contributed by atoms with Crippen molar-refractivity contribution >= 4 is 6.03 Å². The summed E-state index contributed by atoms with van der Waals surface area (Å²) in [7, 11) is 3.49. The van der Waals surface area contributed by atoms with E-state index in [0.29, 0.717) is 12.5 Å². The number of carbonyl (C=O) groups excluding carboxylic acids is 1. The highest BCUT2D eigenvalue weighted by molar-refractivity contribution is 5.73. The zero-order valence-electron chi connectivity index (χ0n) is 17.1. The Balaban J connectivity index is 1.88. The summed E-state index contributed by atoms with van der Waals surface area (Å²) in [5.41, 5.74) is 3.60. The van der Waals surface area contributed by atoms with Gasteiger partial charge in [0.05, 0.1) is 17.9 Å². The molecule has 1 aliphatic rings. The number of carbonyl (C=O) groups is 1. The third-order valence-corrected chi connectivity index (χ3v) is 4.75. The maximum atomic E-state index is 11.7. The summed E-state index contributed by atoms with van der Waals surface area (Å²) < 4.78 is 2.12. The summed E-state index contributed by atoms with van der Waals surface area (Å²) >= 11 is 0. The van der Waals surface area contributed by atoms with Crippen molar-refractivity contribution in [2.45, 2.75) is 59.7 Å². The van der Waals surface area contributed by atoms with Crippen LogP contribution in [0.3, 0.4) is 0 Å². The first-order valence-electron chi connectivity index (χ1n) is 9.71. The number of aryl methyl sites for hydroxylation is 1. The first kappa shape index (κ1) is 20.5. The zero-order valence-corrected chi connectivity index (χ0v) is 17.1. The van der Waals surface area contributed by atoms with Crippen LogP contribution in [0.4, 0.5) is 4.79 Å². The third-order valence-electron chi connectivity index (χ3n) is 4.75. The minimum atomic E-state index is -0.0833. The molecule has 1 aliphatic heterocycles. The largest absolute Gasteiger partial charge is 0.332 e. The van der Waals surface area contributed by atoms with E-state index in [1.807, 2.05) is 0 Å². The van der Waals surface area contributed by atoms with Gasteiger partial charge in [-0.2, -0.15) is 5.10 Å². The van der Waals surface area contributed by atoms with Crippen LogP contribution >= 0.6 is 0 Å². The Morgan fingerprint density at radius 3 is 2.85 bits per heavy atom. The average Bonchev–Trinajstić information content (AvgIpc) is 2.84. The van der Waals surface area contributed by atoms with Gasteiger partial charge in [0.2, 0.25) is 0 Å². The highest BCUT2D eigenvalue weighted by atomic mass is 16.2. The summed E-state index contributed by atoms with van der Waals surface area (Å²) in [5, 5.41) is 7.56. The molecule has 0 bridgehead atoms.